The van der Waals surface area contributed by atoms with Crippen LogP contribution in [0.5, 0.6) is 0 Å². The van der Waals surface area contributed by atoms with Crippen molar-refractivity contribution in [2.45, 2.75) is 91.8 Å². The van der Waals surface area contributed by atoms with Crippen molar-refractivity contribution in [2.75, 3.05) is 46.8 Å². The van der Waals surface area contributed by atoms with Crippen molar-refractivity contribution in [1.29, 1.82) is 0 Å². The van der Waals surface area contributed by atoms with Crippen molar-refractivity contribution in [3.05, 3.63) is 11.6 Å². The number of carboxylic acid groups (broad SMARTS) is 1. The normalized spacial score (nSPS) is 21.8. The van der Waals surface area contributed by atoms with Gasteiger partial charge in [-0.05, 0) is 66.0 Å². The minimum absolute atomic E-state index is 0.206. The summed E-state index contributed by atoms with van der Waals surface area (Å²) in [6.45, 7) is 14.2. The van der Waals surface area contributed by atoms with Gasteiger partial charge in [-0.2, -0.15) is 0 Å². The quantitative estimate of drug-likeness (QED) is 0.251. The SMILES string of the molecule is CC(C)=CCC(C(C)O)C1CCCCCC1O.CCC.CNCC(=O)N1CCN(C)CC1.O=CO. The van der Waals surface area contributed by atoms with Crippen molar-refractivity contribution in [2.24, 2.45) is 11.8 Å². The van der Waals surface area contributed by atoms with Gasteiger partial charge < -0.3 is 30.4 Å². The Bertz CT molecular complexity index is 545. The number of aliphatic hydroxyl groups is 2. The van der Waals surface area contributed by atoms with Gasteiger partial charge in [-0.25, -0.2) is 0 Å². The van der Waals surface area contributed by atoms with E-state index < -0.39 is 0 Å². The van der Waals surface area contributed by atoms with Gasteiger partial charge in [-0.1, -0.05) is 51.2 Å². The number of rotatable bonds is 6. The molecule has 1 aliphatic carbocycles. The van der Waals surface area contributed by atoms with Crippen LogP contribution in [0.4, 0.5) is 0 Å². The molecule has 1 aliphatic heterocycles. The average molecular weight is 502 g/mol. The molecule has 4 N–H and O–H groups in total. The minimum Gasteiger partial charge on any atom is -0.483 e. The van der Waals surface area contributed by atoms with Gasteiger partial charge in [-0.15, -0.1) is 0 Å². The second kappa shape index (κ2) is 23.0. The Hall–Kier alpha value is -1.48. The van der Waals surface area contributed by atoms with Crippen molar-refractivity contribution >= 4 is 12.4 Å². The fourth-order valence-electron chi connectivity index (χ4n) is 4.24. The highest BCUT2D eigenvalue weighted by molar-refractivity contribution is 5.78. The first-order valence-corrected chi connectivity index (χ1v) is 13.3. The van der Waals surface area contributed by atoms with Gasteiger partial charge in [0.2, 0.25) is 5.91 Å². The number of aliphatic hydroxyl groups excluding tert-OH is 2. The molecule has 0 aromatic carbocycles. The molecule has 0 aromatic heterocycles. The zero-order valence-corrected chi connectivity index (χ0v) is 23.5. The smallest absolute Gasteiger partial charge is 0.290 e. The second-order valence-electron chi connectivity index (χ2n) is 9.82. The van der Waals surface area contributed by atoms with Crippen LogP contribution in [0.25, 0.3) is 0 Å². The molecule has 0 aromatic rings. The molecule has 4 atom stereocenters. The largest absolute Gasteiger partial charge is 0.483 e. The summed E-state index contributed by atoms with van der Waals surface area (Å²) in [7, 11) is 3.88. The third-order valence-corrected chi connectivity index (χ3v) is 6.18. The molecule has 2 aliphatic rings. The van der Waals surface area contributed by atoms with E-state index >= 15 is 0 Å². The van der Waals surface area contributed by atoms with E-state index in [4.69, 9.17) is 9.90 Å². The Balaban J connectivity index is 0. The van der Waals surface area contributed by atoms with Gasteiger partial charge in [0, 0.05) is 26.2 Å². The maximum atomic E-state index is 11.3. The number of allylic oxidation sites excluding steroid dienone is 2. The number of hydrogen-bond acceptors (Lipinski definition) is 6. The molecule has 1 heterocycles. The molecule has 4 unspecified atom stereocenters. The third-order valence-electron chi connectivity index (χ3n) is 6.18. The second-order valence-corrected chi connectivity index (χ2v) is 9.82. The molecule has 1 saturated carbocycles. The molecule has 1 saturated heterocycles. The first kappa shape index (κ1) is 35.7. The average Bonchev–Trinajstić information content (AvgIpc) is 3.00. The van der Waals surface area contributed by atoms with E-state index in [9.17, 15) is 15.0 Å². The van der Waals surface area contributed by atoms with Crippen LogP contribution in [0.2, 0.25) is 0 Å². The number of amides is 1. The topological polar surface area (TPSA) is 113 Å². The number of nitrogens with zero attached hydrogens (tertiary/aromatic N) is 2. The maximum absolute atomic E-state index is 11.3. The number of piperazine rings is 1. The molecule has 0 spiro atoms. The summed E-state index contributed by atoms with van der Waals surface area (Å²) in [6, 6.07) is 0. The molecule has 2 fully saturated rings. The van der Waals surface area contributed by atoms with Crippen LogP contribution in [0.15, 0.2) is 11.6 Å². The van der Waals surface area contributed by atoms with E-state index in [0.29, 0.717) is 6.54 Å². The van der Waals surface area contributed by atoms with E-state index in [1.165, 1.54) is 24.8 Å². The molecular formula is C27H55N3O5. The number of likely N-dealkylation sites (N-methyl/N-ethyl adjacent to an activating group) is 2. The van der Waals surface area contributed by atoms with Gasteiger partial charge in [0.1, 0.15) is 0 Å². The fourth-order valence-corrected chi connectivity index (χ4v) is 4.24. The molecule has 2 rings (SSSR count). The molecule has 8 heteroatoms. The maximum Gasteiger partial charge on any atom is 0.290 e. The molecule has 8 nitrogen and oxygen atoms in total. The molecule has 0 bridgehead atoms. The van der Waals surface area contributed by atoms with Crippen LogP contribution in [-0.4, -0.2) is 96.5 Å². The minimum atomic E-state index is -0.330. The van der Waals surface area contributed by atoms with Crippen molar-refractivity contribution in [3.8, 4) is 0 Å². The van der Waals surface area contributed by atoms with E-state index in [-0.39, 0.29) is 36.4 Å². The van der Waals surface area contributed by atoms with Gasteiger partial charge in [0.05, 0.1) is 18.8 Å². The van der Waals surface area contributed by atoms with Gasteiger partial charge >= 0.3 is 0 Å². The lowest BCUT2D eigenvalue weighted by Gasteiger charge is -2.32. The summed E-state index contributed by atoms with van der Waals surface area (Å²) < 4.78 is 0. The van der Waals surface area contributed by atoms with Crippen LogP contribution in [0.1, 0.15) is 79.6 Å². The number of hydrogen-bond donors (Lipinski definition) is 4. The Morgan fingerprint density at radius 3 is 2.06 bits per heavy atom. The van der Waals surface area contributed by atoms with Crippen molar-refractivity contribution in [1.82, 2.24) is 15.1 Å². The molecular weight excluding hydrogens is 446 g/mol. The molecule has 35 heavy (non-hydrogen) atoms. The van der Waals surface area contributed by atoms with Crippen molar-refractivity contribution < 1.29 is 24.9 Å². The zero-order valence-electron chi connectivity index (χ0n) is 23.5. The van der Waals surface area contributed by atoms with E-state index in [1.54, 1.807) is 7.05 Å². The highest BCUT2D eigenvalue weighted by Gasteiger charge is 2.31. The van der Waals surface area contributed by atoms with Crippen molar-refractivity contribution in [3.63, 3.8) is 0 Å². The summed E-state index contributed by atoms with van der Waals surface area (Å²) in [6.07, 6.45) is 9.30. The fraction of sp³-hybridized carbons (Fsp3) is 0.852. The monoisotopic (exact) mass is 501 g/mol. The highest BCUT2D eigenvalue weighted by Crippen LogP contribution is 2.33. The molecule has 0 radical (unpaired) electrons. The lowest BCUT2D eigenvalue weighted by Crippen LogP contribution is -2.49. The van der Waals surface area contributed by atoms with E-state index in [2.05, 4.69) is 51.0 Å². The molecule has 1 amide bonds. The molecule has 208 valence electrons. The van der Waals surface area contributed by atoms with Gasteiger partial charge in [-0.3, -0.25) is 9.59 Å². The van der Waals surface area contributed by atoms with Crippen LogP contribution in [0.3, 0.4) is 0 Å². The highest BCUT2D eigenvalue weighted by atomic mass is 16.3. The predicted molar refractivity (Wildman–Crippen MR) is 144 cm³/mol. The summed E-state index contributed by atoms with van der Waals surface area (Å²) in [4.78, 5) is 23.9. The first-order chi connectivity index (χ1) is 16.6. The Labute approximate surface area is 214 Å². The Morgan fingerprint density at radius 2 is 1.60 bits per heavy atom. The summed E-state index contributed by atoms with van der Waals surface area (Å²) in [5.74, 6) is 0.691. The van der Waals surface area contributed by atoms with Gasteiger partial charge in [0.25, 0.3) is 6.47 Å². The predicted octanol–water partition coefficient (Wildman–Crippen LogP) is 3.38. The van der Waals surface area contributed by atoms with Crippen LogP contribution >= 0.6 is 0 Å². The van der Waals surface area contributed by atoms with E-state index in [0.717, 1.165) is 51.9 Å². The number of nitrogens with one attached hydrogen (secondary N) is 1. The summed E-state index contributed by atoms with van der Waals surface area (Å²) in [5, 5.41) is 29.9. The lowest BCUT2D eigenvalue weighted by atomic mass is 9.79. The van der Waals surface area contributed by atoms with E-state index in [1.807, 2.05) is 11.8 Å². The number of carbonyl (C=O) groups is 2. The van der Waals surface area contributed by atoms with Crippen LogP contribution < -0.4 is 5.32 Å². The van der Waals surface area contributed by atoms with Crippen LogP contribution in [0, 0.1) is 11.8 Å². The number of carbonyl (C=O) groups excluding carboxylic acids is 1. The first-order valence-electron chi connectivity index (χ1n) is 13.3. The summed E-state index contributed by atoms with van der Waals surface area (Å²) >= 11 is 0. The zero-order chi connectivity index (χ0) is 27.2. The third kappa shape index (κ3) is 18.4. The Morgan fingerprint density at radius 1 is 1.09 bits per heavy atom. The standard InChI is InChI=1S/C15H28O2.C8H17N3O.C3H8.CH2O2/c1-11(2)9-10-13(12(3)16)14-7-5-4-6-8-15(14)17;1-9-7-8(12)11-5-3-10(2)4-6-11;1-3-2;2-1-3/h9,12-17H,4-8,10H2,1-3H3;9H,3-7H2,1-2H3;3H2,1-2H3;1H,(H,2,3). The van der Waals surface area contributed by atoms with Crippen LogP contribution in [-0.2, 0) is 9.59 Å². The lowest BCUT2D eigenvalue weighted by molar-refractivity contribution is -0.131. The Kier molecular flexibility index (Phi) is 23.4. The summed E-state index contributed by atoms with van der Waals surface area (Å²) in [5.41, 5.74) is 1.29. The van der Waals surface area contributed by atoms with Gasteiger partial charge in [0.15, 0.2) is 0 Å².